The first-order valence-corrected chi connectivity index (χ1v) is 7.29. The number of carbonyl (C=O) groups is 1. The van der Waals surface area contributed by atoms with Gasteiger partial charge >= 0.3 is 5.97 Å². The Balaban J connectivity index is 2.22. The Hall–Kier alpha value is -2.20. The molecule has 0 spiro atoms. The fourth-order valence-corrected chi connectivity index (χ4v) is 2.29. The molecule has 0 aliphatic rings. The maximum absolute atomic E-state index is 13.4. The van der Waals surface area contributed by atoms with E-state index in [1.54, 1.807) is 26.0 Å². The zero-order valence-corrected chi connectivity index (χ0v) is 12.8. The number of nitrogens with two attached hydrogens (primary N) is 1. The summed E-state index contributed by atoms with van der Waals surface area (Å²) in [5, 5.41) is 0. The Morgan fingerprint density at radius 1 is 1.23 bits per heavy atom. The molecule has 4 heteroatoms. The molecule has 2 N–H and O–H groups in total. The predicted octanol–water partition coefficient (Wildman–Crippen LogP) is 3.75. The summed E-state index contributed by atoms with van der Waals surface area (Å²) in [5.41, 5.74) is 9.38. The van der Waals surface area contributed by atoms with E-state index in [4.69, 9.17) is 10.5 Å². The van der Waals surface area contributed by atoms with Crippen LogP contribution in [0.5, 0.6) is 0 Å². The van der Waals surface area contributed by atoms with Gasteiger partial charge in [0.25, 0.3) is 0 Å². The number of ether oxygens (including phenoxy) is 1. The predicted molar refractivity (Wildman–Crippen MR) is 84.8 cm³/mol. The van der Waals surface area contributed by atoms with Gasteiger partial charge in [-0.1, -0.05) is 24.3 Å². The Morgan fingerprint density at radius 2 is 1.95 bits per heavy atom. The Kier molecular flexibility index (Phi) is 5.28. The molecule has 0 radical (unpaired) electrons. The SMILES string of the molecule is CCOC(=O)C[C@H](N)c1cccc(-c2ccc(F)c(C)c2)c1. The molecule has 0 bridgehead atoms. The highest BCUT2D eigenvalue weighted by Gasteiger charge is 2.13. The summed E-state index contributed by atoms with van der Waals surface area (Å²) in [6.45, 7) is 3.84. The van der Waals surface area contributed by atoms with E-state index in [1.807, 2.05) is 24.3 Å². The number of carbonyl (C=O) groups excluding carboxylic acids is 1. The highest BCUT2D eigenvalue weighted by molar-refractivity contribution is 5.71. The zero-order valence-electron chi connectivity index (χ0n) is 12.8. The average Bonchev–Trinajstić information content (AvgIpc) is 2.50. The summed E-state index contributed by atoms with van der Waals surface area (Å²) >= 11 is 0. The summed E-state index contributed by atoms with van der Waals surface area (Å²) in [6.07, 6.45) is 0.139. The summed E-state index contributed by atoms with van der Waals surface area (Å²) in [7, 11) is 0. The first kappa shape index (κ1) is 16.2. The number of halogens is 1. The molecule has 0 saturated carbocycles. The first-order valence-electron chi connectivity index (χ1n) is 7.29. The Bertz CT molecular complexity index is 670. The van der Waals surface area contributed by atoms with Crippen LogP contribution in [0.4, 0.5) is 4.39 Å². The van der Waals surface area contributed by atoms with Gasteiger partial charge in [0.05, 0.1) is 13.0 Å². The van der Waals surface area contributed by atoms with Gasteiger partial charge in [-0.25, -0.2) is 4.39 Å². The second-order valence-corrected chi connectivity index (χ2v) is 5.21. The fraction of sp³-hybridized carbons (Fsp3) is 0.278. The van der Waals surface area contributed by atoms with Crippen LogP contribution in [0, 0.1) is 12.7 Å². The summed E-state index contributed by atoms with van der Waals surface area (Å²) in [5.74, 6) is -0.531. The van der Waals surface area contributed by atoms with Crippen molar-refractivity contribution in [1.29, 1.82) is 0 Å². The molecule has 0 unspecified atom stereocenters. The molecule has 0 amide bonds. The van der Waals surface area contributed by atoms with Crippen LogP contribution < -0.4 is 5.73 Å². The monoisotopic (exact) mass is 301 g/mol. The van der Waals surface area contributed by atoms with Crippen molar-refractivity contribution in [2.24, 2.45) is 5.73 Å². The van der Waals surface area contributed by atoms with Crippen LogP contribution in [0.2, 0.25) is 0 Å². The van der Waals surface area contributed by atoms with Crippen molar-refractivity contribution in [3.8, 4) is 11.1 Å². The molecule has 0 fully saturated rings. The van der Waals surface area contributed by atoms with Crippen LogP contribution in [0.3, 0.4) is 0 Å². The number of aryl methyl sites for hydroxylation is 1. The molecule has 0 aliphatic carbocycles. The average molecular weight is 301 g/mol. The van der Waals surface area contributed by atoms with Gasteiger partial charge in [0.1, 0.15) is 5.82 Å². The third-order valence-corrected chi connectivity index (χ3v) is 3.50. The molecule has 116 valence electrons. The molecular formula is C18H20FNO2. The minimum Gasteiger partial charge on any atom is -0.466 e. The molecule has 2 aromatic rings. The summed E-state index contributed by atoms with van der Waals surface area (Å²) in [4.78, 5) is 11.5. The topological polar surface area (TPSA) is 52.3 Å². The van der Waals surface area contributed by atoms with Gasteiger partial charge in [-0.3, -0.25) is 4.79 Å². The third kappa shape index (κ3) is 3.92. The number of benzene rings is 2. The van der Waals surface area contributed by atoms with Crippen LogP contribution in [-0.2, 0) is 9.53 Å². The van der Waals surface area contributed by atoms with Crippen molar-refractivity contribution in [3.63, 3.8) is 0 Å². The van der Waals surface area contributed by atoms with Gasteiger partial charge in [-0.05, 0) is 54.3 Å². The number of hydrogen-bond acceptors (Lipinski definition) is 3. The lowest BCUT2D eigenvalue weighted by molar-refractivity contribution is -0.143. The lowest BCUT2D eigenvalue weighted by Crippen LogP contribution is -2.17. The van der Waals surface area contributed by atoms with Crippen LogP contribution >= 0.6 is 0 Å². The smallest absolute Gasteiger partial charge is 0.307 e. The van der Waals surface area contributed by atoms with Gasteiger partial charge < -0.3 is 10.5 Å². The summed E-state index contributed by atoms with van der Waals surface area (Å²) in [6, 6.07) is 12.2. The lowest BCUT2D eigenvalue weighted by atomic mass is 9.97. The van der Waals surface area contributed by atoms with Crippen molar-refractivity contribution >= 4 is 5.97 Å². The van der Waals surface area contributed by atoms with Crippen molar-refractivity contribution < 1.29 is 13.9 Å². The number of rotatable bonds is 5. The molecule has 2 aromatic carbocycles. The highest BCUT2D eigenvalue weighted by atomic mass is 19.1. The van der Waals surface area contributed by atoms with E-state index < -0.39 is 6.04 Å². The molecule has 0 aliphatic heterocycles. The lowest BCUT2D eigenvalue weighted by Gasteiger charge is -2.13. The van der Waals surface area contributed by atoms with Crippen LogP contribution in [-0.4, -0.2) is 12.6 Å². The van der Waals surface area contributed by atoms with Crippen molar-refractivity contribution in [3.05, 3.63) is 59.4 Å². The Morgan fingerprint density at radius 3 is 2.64 bits per heavy atom. The van der Waals surface area contributed by atoms with Gasteiger partial charge in [-0.15, -0.1) is 0 Å². The molecule has 2 rings (SSSR count). The van der Waals surface area contributed by atoms with Crippen molar-refractivity contribution in [2.75, 3.05) is 6.61 Å². The molecule has 22 heavy (non-hydrogen) atoms. The van der Waals surface area contributed by atoms with E-state index in [2.05, 4.69) is 0 Å². The van der Waals surface area contributed by atoms with E-state index in [0.29, 0.717) is 12.2 Å². The number of esters is 1. The van der Waals surface area contributed by atoms with E-state index in [-0.39, 0.29) is 18.2 Å². The highest BCUT2D eigenvalue weighted by Crippen LogP contribution is 2.25. The fourth-order valence-electron chi connectivity index (χ4n) is 2.29. The maximum atomic E-state index is 13.4. The largest absolute Gasteiger partial charge is 0.466 e. The molecule has 1 atom stereocenters. The zero-order chi connectivity index (χ0) is 16.1. The van der Waals surface area contributed by atoms with Gasteiger partial charge in [0.15, 0.2) is 0 Å². The third-order valence-electron chi connectivity index (χ3n) is 3.50. The quantitative estimate of drug-likeness (QED) is 0.856. The minimum absolute atomic E-state index is 0.139. The molecule has 0 aromatic heterocycles. The van der Waals surface area contributed by atoms with E-state index in [9.17, 15) is 9.18 Å². The van der Waals surface area contributed by atoms with Crippen LogP contribution in [0.1, 0.15) is 30.5 Å². The standard InChI is InChI=1S/C18H20FNO2/c1-3-22-18(21)11-17(20)15-6-4-5-13(10-15)14-7-8-16(19)12(2)9-14/h4-10,17H,3,11,20H2,1-2H3/t17-/m0/s1. The van der Waals surface area contributed by atoms with Gasteiger partial charge in [0, 0.05) is 6.04 Å². The van der Waals surface area contributed by atoms with Gasteiger partial charge in [-0.2, -0.15) is 0 Å². The van der Waals surface area contributed by atoms with Crippen LogP contribution in [0.25, 0.3) is 11.1 Å². The minimum atomic E-state index is -0.416. The summed E-state index contributed by atoms with van der Waals surface area (Å²) < 4.78 is 18.3. The first-order chi connectivity index (χ1) is 10.5. The van der Waals surface area contributed by atoms with Crippen molar-refractivity contribution in [2.45, 2.75) is 26.3 Å². The van der Waals surface area contributed by atoms with E-state index >= 15 is 0 Å². The maximum Gasteiger partial charge on any atom is 0.307 e. The van der Waals surface area contributed by atoms with Crippen molar-refractivity contribution in [1.82, 2.24) is 0 Å². The second kappa shape index (κ2) is 7.18. The second-order valence-electron chi connectivity index (χ2n) is 5.21. The normalized spacial score (nSPS) is 12.0. The molecule has 0 heterocycles. The Labute approximate surface area is 129 Å². The van der Waals surface area contributed by atoms with Crippen LogP contribution in [0.15, 0.2) is 42.5 Å². The molecule has 3 nitrogen and oxygen atoms in total. The molecule has 0 saturated heterocycles. The van der Waals surface area contributed by atoms with Gasteiger partial charge in [0.2, 0.25) is 0 Å². The van der Waals surface area contributed by atoms with E-state index in [1.165, 1.54) is 6.07 Å². The number of hydrogen-bond donors (Lipinski definition) is 1. The van der Waals surface area contributed by atoms with E-state index in [0.717, 1.165) is 16.7 Å². The molecular weight excluding hydrogens is 281 g/mol.